The molecule has 0 atom stereocenters. The molecule has 2 aromatic heterocycles. The maximum absolute atomic E-state index is 13.4. The van der Waals surface area contributed by atoms with Gasteiger partial charge >= 0.3 is 0 Å². The van der Waals surface area contributed by atoms with Crippen LogP contribution in [-0.4, -0.2) is 39.2 Å². The molecule has 2 heterocycles. The number of aromatic nitrogens is 3. The van der Waals surface area contributed by atoms with Crippen LogP contribution in [0.3, 0.4) is 0 Å². The number of likely N-dealkylation sites (N-methyl/N-ethyl adjacent to an activating group) is 1. The fraction of sp³-hybridized carbons (Fsp3) is 0.115. The molecule has 0 saturated carbocycles. The van der Waals surface area contributed by atoms with Gasteiger partial charge in [-0.2, -0.15) is 5.10 Å². The van der Waals surface area contributed by atoms with Gasteiger partial charge in [0.05, 0.1) is 11.4 Å². The van der Waals surface area contributed by atoms with E-state index < -0.39 is 0 Å². The molecule has 5 nitrogen and oxygen atoms in total. The van der Waals surface area contributed by atoms with Crippen LogP contribution < -0.4 is 0 Å². The fourth-order valence-electron chi connectivity index (χ4n) is 3.28. The van der Waals surface area contributed by atoms with E-state index in [9.17, 15) is 9.18 Å². The Balaban J connectivity index is 1.55. The average molecular weight is 426 g/mol. The van der Waals surface area contributed by atoms with Gasteiger partial charge < -0.3 is 4.90 Å². The molecular weight excluding hydrogens is 403 g/mol. The number of hydrogen-bond donors (Lipinski definition) is 0. The third-order valence-corrected chi connectivity index (χ3v) is 5.09. The van der Waals surface area contributed by atoms with Gasteiger partial charge in [-0.15, -0.1) is 0 Å². The van der Waals surface area contributed by atoms with Gasteiger partial charge in [-0.1, -0.05) is 24.3 Å². The quantitative estimate of drug-likeness (QED) is 0.400. The van der Waals surface area contributed by atoms with E-state index in [1.54, 1.807) is 41.0 Å². The molecule has 0 aliphatic carbocycles. The zero-order valence-corrected chi connectivity index (χ0v) is 17.7. The molecule has 4 rings (SSSR count). The van der Waals surface area contributed by atoms with E-state index >= 15 is 0 Å². The molecule has 160 valence electrons. The van der Waals surface area contributed by atoms with Crippen molar-refractivity contribution in [3.05, 3.63) is 108 Å². The van der Waals surface area contributed by atoms with Crippen molar-refractivity contribution in [2.75, 3.05) is 13.6 Å². The summed E-state index contributed by atoms with van der Waals surface area (Å²) in [5.41, 5.74) is 4.06. The van der Waals surface area contributed by atoms with Crippen LogP contribution in [0.1, 0.15) is 11.3 Å². The largest absolute Gasteiger partial charge is 0.342 e. The number of carbonyl (C=O) groups excluding carboxylic acids is 1. The Labute approximate surface area is 186 Å². The summed E-state index contributed by atoms with van der Waals surface area (Å²) < 4.78 is 15.2. The number of hydrogen-bond acceptors (Lipinski definition) is 3. The van der Waals surface area contributed by atoms with Gasteiger partial charge in [0, 0.05) is 55.3 Å². The van der Waals surface area contributed by atoms with Crippen LogP contribution in [-0.2, 0) is 11.2 Å². The van der Waals surface area contributed by atoms with Crippen molar-refractivity contribution in [2.24, 2.45) is 0 Å². The van der Waals surface area contributed by atoms with E-state index in [2.05, 4.69) is 10.1 Å². The number of para-hydroxylation sites is 1. The molecule has 1 amide bonds. The second kappa shape index (κ2) is 9.83. The minimum atomic E-state index is -0.307. The van der Waals surface area contributed by atoms with Gasteiger partial charge in [0.25, 0.3) is 0 Å². The average Bonchev–Trinajstić information content (AvgIpc) is 3.27. The van der Waals surface area contributed by atoms with Crippen LogP contribution in [0.15, 0.2) is 91.3 Å². The fourth-order valence-corrected chi connectivity index (χ4v) is 3.28. The molecule has 32 heavy (non-hydrogen) atoms. The number of rotatable bonds is 7. The first-order valence-electron chi connectivity index (χ1n) is 10.3. The second-order valence-corrected chi connectivity index (χ2v) is 7.38. The first kappa shape index (κ1) is 21.2. The van der Waals surface area contributed by atoms with E-state index in [0.717, 1.165) is 22.5 Å². The summed E-state index contributed by atoms with van der Waals surface area (Å²) in [5.74, 6) is -0.420. The highest BCUT2D eigenvalue weighted by atomic mass is 19.1. The number of amides is 1. The van der Waals surface area contributed by atoms with Gasteiger partial charge in [0.1, 0.15) is 5.82 Å². The predicted molar refractivity (Wildman–Crippen MR) is 124 cm³/mol. The summed E-state index contributed by atoms with van der Waals surface area (Å²) in [6, 6.07) is 21.6. The Morgan fingerprint density at radius 2 is 1.78 bits per heavy atom. The molecule has 2 aromatic carbocycles. The number of nitrogens with zero attached hydrogens (tertiary/aromatic N) is 4. The van der Waals surface area contributed by atoms with Crippen LogP contribution in [0.4, 0.5) is 4.39 Å². The Morgan fingerprint density at radius 3 is 2.50 bits per heavy atom. The number of benzene rings is 2. The number of pyridine rings is 1. The predicted octanol–water partition coefficient (Wildman–Crippen LogP) is 4.79. The Hall–Kier alpha value is -4.06. The normalized spacial score (nSPS) is 11.1. The highest BCUT2D eigenvalue weighted by Crippen LogP contribution is 2.25. The van der Waals surface area contributed by atoms with Gasteiger partial charge in [-0.25, -0.2) is 9.07 Å². The van der Waals surface area contributed by atoms with E-state index in [-0.39, 0.29) is 11.7 Å². The van der Waals surface area contributed by atoms with Crippen LogP contribution in [0, 0.1) is 5.82 Å². The second-order valence-electron chi connectivity index (χ2n) is 7.38. The molecule has 0 spiro atoms. The van der Waals surface area contributed by atoms with Crippen molar-refractivity contribution in [1.82, 2.24) is 19.7 Å². The molecule has 4 aromatic rings. The van der Waals surface area contributed by atoms with Gasteiger partial charge in [-0.05, 0) is 54.6 Å². The van der Waals surface area contributed by atoms with Crippen molar-refractivity contribution >= 4 is 12.0 Å². The molecule has 0 fully saturated rings. The lowest BCUT2D eigenvalue weighted by Gasteiger charge is -2.14. The third kappa shape index (κ3) is 5.16. The molecule has 0 saturated heterocycles. The summed E-state index contributed by atoms with van der Waals surface area (Å²) in [6.45, 7) is 0.564. The smallest absolute Gasteiger partial charge is 0.246 e. The summed E-state index contributed by atoms with van der Waals surface area (Å²) in [4.78, 5) is 18.6. The Morgan fingerprint density at radius 1 is 1.03 bits per heavy atom. The standard InChI is InChI=1S/C26H23FN4O/c1-30(18-16-23-7-5-6-17-28-23)25(32)15-12-21-19-31(24-8-3-2-4-9-24)29-26(21)20-10-13-22(27)14-11-20/h2-15,17,19H,16,18H2,1H3/b15-12+. The van der Waals surface area contributed by atoms with E-state index in [1.165, 1.54) is 18.2 Å². The molecule has 0 bridgehead atoms. The van der Waals surface area contributed by atoms with Crippen molar-refractivity contribution in [3.63, 3.8) is 0 Å². The van der Waals surface area contributed by atoms with Gasteiger partial charge in [-0.3, -0.25) is 9.78 Å². The lowest BCUT2D eigenvalue weighted by atomic mass is 10.1. The molecule has 0 unspecified atom stereocenters. The van der Waals surface area contributed by atoms with E-state index in [4.69, 9.17) is 0 Å². The van der Waals surface area contributed by atoms with Gasteiger partial charge in [0.15, 0.2) is 0 Å². The minimum Gasteiger partial charge on any atom is -0.342 e. The molecule has 0 radical (unpaired) electrons. The summed E-state index contributed by atoms with van der Waals surface area (Å²) >= 11 is 0. The summed E-state index contributed by atoms with van der Waals surface area (Å²) in [5, 5.41) is 4.69. The van der Waals surface area contributed by atoms with Crippen molar-refractivity contribution in [3.8, 4) is 16.9 Å². The topological polar surface area (TPSA) is 51.0 Å². The SMILES string of the molecule is CN(CCc1ccccn1)C(=O)/C=C/c1cn(-c2ccccc2)nc1-c1ccc(F)cc1. The molecule has 0 N–H and O–H groups in total. The maximum Gasteiger partial charge on any atom is 0.246 e. The minimum absolute atomic E-state index is 0.113. The maximum atomic E-state index is 13.4. The van der Waals surface area contributed by atoms with Crippen molar-refractivity contribution in [1.29, 1.82) is 0 Å². The molecule has 6 heteroatoms. The first-order chi connectivity index (χ1) is 15.6. The zero-order valence-electron chi connectivity index (χ0n) is 17.7. The highest BCUT2D eigenvalue weighted by Gasteiger charge is 2.12. The van der Waals surface area contributed by atoms with E-state index in [1.807, 2.05) is 54.7 Å². The van der Waals surface area contributed by atoms with Crippen molar-refractivity contribution < 1.29 is 9.18 Å². The van der Waals surface area contributed by atoms with Crippen LogP contribution in [0.2, 0.25) is 0 Å². The number of carbonyl (C=O) groups is 1. The lowest BCUT2D eigenvalue weighted by molar-refractivity contribution is -0.124. The molecule has 0 aliphatic rings. The van der Waals surface area contributed by atoms with Crippen LogP contribution >= 0.6 is 0 Å². The Kier molecular flexibility index (Phi) is 6.51. The Bertz CT molecular complexity index is 1200. The lowest BCUT2D eigenvalue weighted by Crippen LogP contribution is -2.27. The third-order valence-electron chi connectivity index (χ3n) is 5.09. The molecule has 0 aliphatic heterocycles. The summed E-state index contributed by atoms with van der Waals surface area (Å²) in [7, 11) is 1.77. The van der Waals surface area contributed by atoms with Crippen LogP contribution in [0.5, 0.6) is 0 Å². The zero-order chi connectivity index (χ0) is 22.3. The number of halogens is 1. The van der Waals surface area contributed by atoms with Gasteiger partial charge in [0.2, 0.25) is 5.91 Å². The summed E-state index contributed by atoms with van der Waals surface area (Å²) in [6.07, 6.45) is 7.59. The van der Waals surface area contributed by atoms with E-state index in [0.29, 0.717) is 18.7 Å². The molecular formula is C26H23FN4O. The van der Waals surface area contributed by atoms with Crippen LogP contribution in [0.25, 0.3) is 23.0 Å². The highest BCUT2D eigenvalue weighted by molar-refractivity contribution is 5.92. The monoisotopic (exact) mass is 426 g/mol. The van der Waals surface area contributed by atoms with Crippen molar-refractivity contribution in [2.45, 2.75) is 6.42 Å². The first-order valence-corrected chi connectivity index (χ1v) is 10.3.